The van der Waals surface area contributed by atoms with Gasteiger partial charge in [0, 0.05) is 12.1 Å². The number of amides is 2. The van der Waals surface area contributed by atoms with Gasteiger partial charge >= 0.3 is 0 Å². The van der Waals surface area contributed by atoms with Crippen molar-refractivity contribution in [2.24, 2.45) is 5.73 Å². The van der Waals surface area contributed by atoms with E-state index in [4.69, 9.17) is 11.5 Å². The van der Waals surface area contributed by atoms with E-state index in [2.05, 4.69) is 5.32 Å². The standard InChI is InChI=1S/C16H17N3O2/c17-13-7-3-1-5-11(13)9-10-15(20)19-14-8-4-2-6-12(14)16(18)21/h1-8H,9-10,17H2,(H2,18,21)(H,19,20). The normalized spacial score (nSPS) is 10.1. The van der Waals surface area contributed by atoms with Crippen LogP contribution in [0.25, 0.3) is 0 Å². The molecule has 2 rings (SSSR count). The molecule has 0 spiro atoms. The molecule has 0 atom stereocenters. The second-order valence-electron chi connectivity index (χ2n) is 4.66. The van der Waals surface area contributed by atoms with Crippen molar-refractivity contribution < 1.29 is 9.59 Å². The predicted octanol–water partition coefficient (Wildman–Crippen LogP) is 1.94. The molecule has 5 N–H and O–H groups in total. The summed E-state index contributed by atoms with van der Waals surface area (Å²) in [7, 11) is 0. The lowest BCUT2D eigenvalue weighted by atomic mass is 10.1. The third-order valence-corrected chi connectivity index (χ3v) is 3.14. The fourth-order valence-electron chi connectivity index (χ4n) is 2.03. The summed E-state index contributed by atoms with van der Waals surface area (Å²) in [4.78, 5) is 23.2. The number of nitrogens with two attached hydrogens (primary N) is 2. The first-order valence-electron chi connectivity index (χ1n) is 6.60. The molecule has 0 heterocycles. The number of rotatable bonds is 5. The molecule has 2 aromatic carbocycles. The number of nitrogens with one attached hydrogen (secondary N) is 1. The van der Waals surface area contributed by atoms with Crippen molar-refractivity contribution in [2.75, 3.05) is 11.1 Å². The van der Waals surface area contributed by atoms with Crippen LogP contribution in [0.4, 0.5) is 11.4 Å². The van der Waals surface area contributed by atoms with E-state index in [0.29, 0.717) is 23.4 Å². The first-order valence-corrected chi connectivity index (χ1v) is 6.60. The monoisotopic (exact) mass is 283 g/mol. The van der Waals surface area contributed by atoms with E-state index in [9.17, 15) is 9.59 Å². The van der Waals surface area contributed by atoms with Crippen molar-refractivity contribution in [2.45, 2.75) is 12.8 Å². The Kier molecular flexibility index (Phi) is 4.56. The van der Waals surface area contributed by atoms with Gasteiger partial charge in [0.1, 0.15) is 0 Å². The third-order valence-electron chi connectivity index (χ3n) is 3.14. The molecule has 0 aliphatic rings. The minimum Gasteiger partial charge on any atom is -0.399 e. The highest BCUT2D eigenvalue weighted by molar-refractivity contribution is 6.03. The first kappa shape index (κ1) is 14.6. The minimum atomic E-state index is -0.571. The van der Waals surface area contributed by atoms with E-state index < -0.39 is 5.91 Å². The zero-order valence-corrected chi connectivity index (χ0v) is 11.5. The SMILES string of the molecule is NC(=O)c1ccccc1NC(=O)CCc1ccccc1N. The zero-order chi connectivity index (χ0) is 15.2. The number of aryl methyl sites for hydroxylation is 1. The summed E-state index contributed by atoms with van der Waals surface area (Å²) in [6.07, 6.45) is 0.818. The first-order chi connectivity index (χ1) is 10.1. The molecule has 0 saturated carbocycles. The molecule has 0 unspecified atom stereocenters. The minimum absolute atomic E-state index is 0.188. The zero-order valence-electron chi connectivity index (χ0n) is 11.5. The molecule has 0 saturated heterocycles. The van der Waals surface area contributed by atoms with Crippen LogP contribution in [-0.4, -0.2) is 11.8 Å². The van der Waals surface area contributed by atoms with E-state index >= 15 is 0 Å². The third kappa shape index (κ3) is 3.82. The highest BCUT2D eigenvalue weighted by Gasteiger charge is 2.10. The number of para-hydroxylation sites is 2. The molecule has 108 valence electrons. The Balaban J connectivity index is 2.00. The summed E-state index contributed by atoms with van der Waals surface area (Å²) in [5, 5.41) is 2.70. The lowest BCUT2D eigenvalue weighted by molar-refractivity contribution is -0.116. The second-order valence-corrected chi connectivity index (χ2v) is 4.66. The van der Waals surface area contributed by atoms with Crippen LogP contribution in [0.1, 0.15) is 22.3 Å². The Morgan fingerprint density at radius 2 is 1.67 bits per heavy atom. The van der Waals surface area contributed by atoms with Gasteiger partial charge in [-0.2, -0.15) is 0 Å². The largest absolute Gasteiger partial charge is 0.399 e. The summed E-state index contributed by atoms with van der Waals surface area (Å²) in [6, 6.07) is 14.1. The van der Waals surface area contributed by atoms with Gasteiger partial charge in [0.25, 0.3) is 5.91 Å². The fraction of sp³-hybridized carbons (Fsp3) is 0.125. The van der Waals surface area contributed by atoms with Crippen LogP contribution in [0.15, 0.2) is 48.5 Å². The van der Waals surface area contributed by atoms with E-state index in [1.165, 1.54) is 0 Å². The quantitative estimate of drug-likeness (QED) is 0.731. The second kappa shape index (κ2) is 6.56. The molecular formula is C16H17N3O2. The average Bonchev–Trinajstić information content (AvgIpc) is 2.47. The molecule has 2 aromatic rings. The Morgan fingerprint density at radius 1 is 1.00 bits per heavy atom. The molecule has 0 bridgehead atoms. The van der Waals surface area contributed by atoms with Crippen molar-refractivity contribution in [3.05, 3.63) is 59.7 Å². The van der Waals surface area contributed by atoms with Crippen molar-refractivity contribution in [1.82, 2.24) is 0 Å². The number of anilines is 2. The summed E-state index contributed by atoms with van der Waals surface area (Å²) < 4.78 is 0. The summed E-state index contributed by atoms with van der Waals surface area (Å²) >= 11 is 0. The maximum Gasteiger partial charge on any atom is 0.250 e. The van der Waals surface area contributed by atoms with Crippen LogP contribution in [0.2, 0.25) is 0 Å². The maximum atomic E-state index is 12.0. The highest BCUT2D eigenvalue weighted by atomic mass is 16.2. The lowest BCUT2D eigenvalue weighted by Crippen LogP contribution is -2.18. The summed E-state index contributed by atoms with van der Waals surface area (Å²) in [6.45, 7) is 0. The van der Waals surface area contributed by atoms with Gasteiger partial charge in [0.05, 0.1) is 11.3 Å². The molecule has 21 heavy (non-hydrogen) atoms. The van der Waals surface area contributed by atoms with Crippen LogP contribution in [0, 0.1) is 0 Å². The number of carbonyl (C=O) groups excluding carboxylic acids is 2. The van der Waals surface area contributed by atoms with Crippen LogP contribution in [0.5, 0.6) is 0 Å². The van der Waals surface area contributed by atoms with Crippen LogP contribution >= 0.6 is 0 Å². The van der Waals surface area contributed by atoms with Crippen molar-refractivity contribution >= 4 is 23.2 Å². The molecule has 2 amide bonds. The van der Waals surface area contributed by atoms with Crippen molar-refractivity contribution in [1.29, 1.82) is 0 Å². The van der Waals surface area contributed by atoms with E-state index in [0.717, 1.165) is 5.56 Å². The molecule has 0 aliphatic heterocycles. The smallest absolute Gasteiger partial charge is 0.250 e. The summed E-state index contributed by atoms with van der Waals surface area (Å²) in [5.74, 6) is -0.759. The van der Waals surface area contributed by atoms with Gasteiger partial charge in [-0.05, 0) is 30.2 Å². The highest BCUT2D eigenvalue weighted by Crippen LogP contribution is 2.16. The van der Waals surface area contributed by atoms with Gasteiger partial charge in [-0.1, -0.05) is 30.3 Å². The van der Waals surface area contributed by atoms with E-state index in [1.54, 1.807) is 30.3 Å². The number of hydrogen-bond donors (Lipinski definition) is 3. The fourth-order valence-corrected chi connectivity index (χ4v) is 2.03. The number of hydrogen-bond acceptors (Lipinski definition) is 3. The number of benzene rings is 2. The van der Waals surface area contributed by atoms with Crippen molar-refractivity contribution in [3.63, 3.8) is 0 Å². The molecule has 0 aliphatic carbocycles. The lowest BCUT2D eigenvalue weighted by Gasteiger charge is -2.09. The number of nitrogen functional groups attached to an aromatic ring is 1. The Bertz CT molecular complexity index is 668. The molecule has 0 aromatic heterocycles. The maximum absolute atomic E-state index is 12.0. The topological polar surface area (TPSA) is 98.2 Å². The molecule has 5 nitrogen and oxygen atoms in total. The van der Waals surface area contributed by atoms with Gasteiger partial charge in [-0.3, -0.25) is 9.59 Å². The molecule has 0 radical (unpaired) electrons. The van der Waals surface area contributed by atoms with Gasteiger partial charge in [-0.25, -0.2) is 0 Å². The van der Waals surface area contributed by atoms with Gasteiger partial charge < -0.3 is 16.8 Å². The van der Waals surface area contributed by atoms with Crippen molar-refractivity contribution in [3.8, 4) is 0 Å². The van der Waals surface area contributed by atoms with E-state index in [1.807, 2.05) is 18.2 Å². The Labute approximate surface area is 123 Å². The summed E-state index contributed by atoms with van der Waals surface area (Å²) in [5.41, 5.74) is 13.4. The average molecular weight is 283 g/mol. The van der Waals surface area contributed by atoms with Crippen LogP contribution < -0.4 is 16.8 Å². The van der Waals surface area contributed by atoms with E-state index in [-0.39, 0.29) is 12.3 Å². The van der Waals surface area contributed by atoms with Gasteiger partial charge in [0.2, 0.25) is 5.91 Å². The number of carbonyl (C=O) groups is 2. The molecule has 0 fully saturated rings. The van der Waals surface area contributed by atoms with Gasteiger partial charge in [-0.15, -0.1) is 0 Å². The molecule has 5 heteroatoms. The number of primary amides is 1. The van der Waals surface area contributed by atoms with Crippen LogP contribution in [-0.2, 0) is 11.2 Å². The Hall–Kier alpha value is -2.82. The predicted molar refractivity (Wildman–Crippen MR) is 82.8 cm³/mol. The Morgan fingerprint density at radius 3 is 2.38 bits per heavy atom. The van der Waals surface area contributed by atoms with Gasteiger partial charge in [0.15, 0.2) is 0 Å². The molecular weight excluding hydrogens is 266 g/mol. The van der Waals surface area contributed by atoms with Crippen LogP contribution in [0.3, 0.4) is 0 Å².